The predicted molar refractivity (Wildman–Crippen MR) is 98.3 cm³/mol. The number of benzene rings is 1. The van der Waals surface area contributed by atoms with Gasteiger partial charge >= 0.3 is 6.09 Å². The van der Waals surface area contributed by atoms with Gasteiger partial charge in [0.05, 0.1) is 6.04 Å². The van der Waals surface area contributed by atoms with Crippen molar-refractivity contribution in [2.24, 2.45) is 5.18 Å². The van der Waals surface area contributed by atoms with E-state index in [2.05, 4.69) is 22.2 Å². The van der Waals surface area contributed by atoms with Crippen LogP contribution in [-0.4, -0.2) is 53.2 Å². The molecule has 0 spiro atoms. The Bertz CT molecular complexity index is 571. The van der Waals surface area contributed by atoms with Crippen LogP contribution in [0.5, 0.6) is 0 Å². The van der Waals surface area contributed by atoms with Gasteiger partial charge in [0, 0.05) is 32.2 Å². The quantitative estimate of drug-likeness (QED) is 0.763. The normalized spacial score (nSPS) is 20.2. The molecule has 0 bridgehead atoms. The first-order chi connectivity index (χ1) is 11.8. The van der Waals surface area contributed by atoms with E-state index in [1.165, 1.54) is 5.56 Å². The van der Waals surface area contributed by atoms with E-state index in [9.17, 15) is 9.70 Å². The molecule has 1 aromatic rings. The van der Waals surface area contributed by atoms with Crippen LogP contribution in [0.2, 0.25) is 0 Å². The topological polar surface area (TPSA) is 62.2 Å². The van der Waals surface area contributed by atoms with Gasteiger partial charge in [0.15, 0.2) is 0 Å². The van der Waals surface area contributed by atoms with Crippen LogP contribution in [0.15, 0.2) is 35.5 Å². The Kier molecular flexibility index (Phi) is 6.53. The van der Waals surface area contributed by atoms with Gasteiger partial charge in [-0.05, 0) is 39.7 Å². The summed E-state index contributed by atoms with van der Waals surface area (Å²) >= 11 is 0. The van der Waals surface area contributed by atoms with E-state index < -0.39 is 5.60 Å². The average Bonchev–Trinajstić information content (AvgIpc) is 2.54. The van der Waals surface area contributed by atoms with Gasteiger partial charge in [0.25, 0.3) is 0 Å². The van der Waals surface area contributed by atoms with E-state index in [1.54, 1.807) is 11.8 Å². The van der Waals surface area contributed by atoms with Crippen molar-refractivity contribution < 1.29 is 9.53 Å². The number of carbonyl (C=O) groups excluding carboxylic acids is 1. The molecule has 1 aliphatic heterocycles. The fraction of sp³-hybridized carbons (Fsp3) is 0.632. The van der Waals surface area contributed by atoms with Crippen molar-refractivity contribution in [2.75, 3.05) is 19.6 Å². The summed E-state index contributed by atoms with van der Waals surface area (Å²) in [5, 5.41) is 3.11. The molecule has 1 aromatic carbocycles. The molecule has 0 N–H and O–H groups in total. The van der Waals surface area contributed by atoms with Crippen molar-refractivity contribution in [3.8, 4) is 0 Å². The molecule has 0 saturated carbocycles. The number of carbonyl (C=O) groups is 1. The highest BCUT2D eigenvalue weighted by atomic mass is 16.6. The molecule has 2 atom stereocenters. The SMILES string of the molecule is CC(CC1CN(Cc2ccccc2)CCN1C(=O)OC(C)(C)C)N=O. The Hall–Kier alpha value is -1.95. The van der Waals surface area contributed by atoms with Gasteiger partial charge in [0.2, 0.25) is 0 Å². The van der Waals surface area contributed by atoms with Crippen LogP contribution in [0.25, 0.3) is 0 Å². The summed E-state index contributed by atoms with van der Waals surface area (Å²) in [5.74, 6) is 0. The van der Waals surface area contributed by atoms with Crippen molar-refractivity contribution in [3.63, 3.8) is 0 Å². The van der Waals surface area contributed by atoms with E-state index in [1.807, 2.05) is 39.0 Å². The highest BCUT2D eigenvalue weighted by molar-refractivity contribution is 5.68. The Labute approximate surface area is 150 Å². The van der Waals surface area contributed by atoms with E-state index >= 15 is 0 Å². The van der Waals surface area contributed by atoms with E-state index in [-0.39, 0.29) is 18.2 Å². The highest BCUT2D eigenvalue weighted by Crippen LogP contribution is 2.21. The molecule has 1 aliphatic rings. The van der Waals surface area contributed by atoms with Gasteiger partial charge in [-0.3, -0.25) is 4.90 Å². The fourth-order valence-corrected chi connectivity index (χ4v) is 3.10. The van der Waals surface area contributed by atoms with Crippen LogP contribution in [0.3, 0.4) is 0 Å². The van der Waals surface area contributed by atoms with Gasteiger partial charge < -0.3 is 9.64 Å². The molecule has 2 rings (SSSR count). The maximum absolute atomic E-state index is 12.5. The lowest BCUT2D eigenvalue weighted by molar-refractivity contribution is -0.00448. The smallest absolute Gasteiger partial charge is 0.410 e. The number of rotatable bonds is 5. The molecule has 0 aromatic heterocycles. The lowest BCUT2D eigenvalue weighted by Gasteiger charge is -2.42. The van der Waals surface area contributed by atoms with Gasteiger partial charge in [-0.2, -0.15) is 4.91 Å². The monoisotopic (exact) mass is 347 g/mol. The zero-order chi connectivity index (χ0) is 18.4. The van der Waals surface area contributed by atoms with Crippen molar-refractivity contribution in [2.45, 2.75) is 58.3 Å². The second kappa shape index (κ2) is 8.43. The third-order valence-corrected chi connectivity index (χ3v) is 4.24. The molecule has 6 heteroatoms. The zero-order valence-electron chi connectivity index (χ0n) is 15.6. The van der Waals surface area contributed by atoms with Gasteiger partial charge in [-0.15, -0.1) is 0 Å². The van der Waals surface area contributed by atoms with E-state index in [4.69, 9.17) is 4.74 Å². The standard InChI is InChI=1S/C19H29N3O3/c1-15(20-24)12-17-14-21(13-16-8-6-5-7-9-16)10-11-22(17)18(23)25-19(2,3)4/h5-9,15,17H,10-14H2,1-4H3. The Morgan fingerprint density at radius 1 is 1.28 bits per heavy atom. The summed E-state index contributed by atoms with van der Waals surface area (Å²) in [4.78, 5) is 27.5. The molecule has 1 fully saturated rings. The highest BCUT2D eigenvalue weighted by Gasteiger charge is 2.34. The molecule has 0 radical (unpaired) electrons. The van der Waals surface area contributed by atoms with E-state index in [0.29, 0.717) is 19.5 Å². The fourth-order valence-electron chi connectivity index (χ4n) is 3.10. The Morgan fingerprint density at radius 3 is 2.56 bits per heavy atom. The minimum absolute atomic E-state index is 0.0694. The Balaban J connectivity index is 2.05. The number of ether oxygens (including phenoxy) is 1. The third-order valence-electron chi connectivity index (χ3n) is 4.24. The average molecular weight is 347 g/mol. The summed E-state index contributed by atoms with van der Waals surface area (Å²) in [7, 11) is 0. The van der Waals surface area contributed by atoms with Crippen LogP contribution < -0.4 is 0 Å². The van der Waals surface area contributed by atoms with Crippen molar-refractivity contribution >= 4 is 6.09 Å². The minimum Gasteiger partial charge on any atom is -0.444 e. The first-order valence-corrected chi connectivity index (χ1v) is 8.87. The molecule has 1 saturated heterocycles. The van der Waals surface area contributed by atoms with Crippen LogP contribution in [0.1, 0.15) is 39.7 Å². The second-order valence-corrected chi connectivity index (χ2v) is 7.74. The van der Waals surface area contributed by atoms with Gasteiger partial charge in [-0.1, -0.05) is 35.5 Å². The number of nitrogens with zero attached hydrogens (tertiary/aromatic N) is 3. The molecular weight excluding hydrogens is 318 g/mol. The molecule has 138 valence electrons. The van der Waals surface area contributed by atoms with Crippen molar-refractivity contribution in [1.82, 2.24) is 9.80 Å². The van der Waals surface area contributed by atoms with Crippen LogP contribution >= 0.6 is 0 Å². The number of piperazine rings is 1. The summed E-state index contributed by atoms with van der Waals surface area (Å²) in [6, 6.07) is 9.87. The number of nitroso groups, excluding NO2 is 1. The zero-order valence-corrected chi connectivity index (χ0v) is 15.6. The largest absolute Gasteiger partial charge is 0.444 e. The molecule has 2 unspecified atom stereocenters. The molecule has 1 amide bonds. The molecule has 1 heterocycles. The second-order valence-electron chi connectivity index (χ2n) is 7.74. The van der Waals surface area contributed by atoms with E-state index in [0.717, 1.165) is 13.1 Å². The van der Waals surface area contributed by atoms with Gasteiger partial charge in [0.1, 0.15) is 5.60 Å². The summed E-state index contributed by atoms with van der Waals surface area (Å²) < 4.78 is 5.54. The molecule has 0 aliphatic carbocycles. The molecule has 25 heavy (non-hydrogen) atoms. The van der Waals surface area contributed by atoms with Crippen LogP contribution in [0.4, 0.5) is 4.79 Å². The first kappa shape index (κ1) is 19.4. The minimum atomic E-state index is -0.530. The summed E-state index contributed by atoms with van der Waals surface area (Å²) in [6.45, 7) is 10.3. The predicted octanol–water partition coefficient (Wildman–Crippen LogP) is 3.65. The number of hydrogen-bond donors (Lipinski definition) is 0. The lowest BCUT2D eigenvalue weighted by Crippen LogP contribution is -2.56. The first-order valence-electron chi connectivity index (χ1n) is 8.87. The number of amides is 1. The Morgan fingerprint density at radius 2 is 1.96 bits per heavy atom. The van der Waals surface area contributed by atoms with Crippen LogP contribution in [-0.2, 0) is 11.3 Å². The summed E-state index contributed by atoms with van der Waals surface area (Å²) in [6.07, 6.45) is 0.239. The van der Waals surface area contributed by atoms with Gasteiger partial charge in [-0.25, -0.2) is 4.79 Å². The molecule has 6 nitrogen and oxygen atoms in total. The third kappa shape index (κ3) is 6.12. The van der Waals surface area contributed by atoms with Crippen molar-refractivity contribution in [1.29, 1.82) is 0 Å². The molecular formula is C19H29N3O3. The lowest BCUT2D eigenvalue weighted by atomic mass is 10.0. The maximum atomic E-state index is 12.5. The van der Waals surface area contributed by atoms with Crippen LogP contribution in [0, 0.1) is 4.91 Å². The number of hydrogen-bond acceptors (Lipinski definition) is 5. The van der Waals surface area contributed by atoms with Crippen molar-refractivity contribution in [3.05, 3.63) is 40.8 Å². The summed E-state index contributed by atoms with van der Waals surface area (Å²) in [5.41, 5.74) is 0.714. The maximum Gasteiger partial charge on any atom is 0.410 e.